The number of carbonyl (C=O) groups is 1. The molecule has 6 nitrogen and oxygen atoms in total. The third-order valence-corrected chi connectivity index (χ3v) is 5.03. The van der Waals surface area contributed by atoms with E-state index in [9.17, 15) is 4.79 Å². The molecule has 2 aromatic heterocycles. The van der Waals surface area contributed by atoms with Crippen LogP contribution in [0.2, 0.25) is 5.15 Å². The highest BCUT2D eigenvalue weighted by atomic mass is 35.5. The van der Waals surface area contributed by atoms with Gasteiger partial charge < -0.3 is 4.74 Å². The van der Waals surface area contributed by atoms with Crippen LogP contribution < -0.4 is 15.1 Å². The van der Waals surface area contributed by atoms with Gasteiger partial charge in [-0.1, -0.05) is 29.8 Å². The average Bonchev–Trinajstić information content (AvgIpc) is 2.73. The summed E-state index contributed by atoms with van der Waals surface area (Å²) in [6, 6.07) is 16.5. The number of ketones is 1. The number of rotatable bonds is 4. The number of hydrazone groups is 1. The molecule has 1 atom stereocenters. The maximum Gasteiger partial charge on any atom is 0.378 e. The first-order valence-electron chi connectivity index (χ1n) is 8.79. The van der Waals surface area contributed by atoms with Gasteiger partial charge in [-0.2, -0.15) is 0 Å². The number of hydrogen-bond acceptors (Lipinski definition) is 4. The molecule has 28 heavy (non-hydrogen) atoms. The summed E-state index contributed by atoms with van der Waals surface area (Å²) in [7, 11) is 1.58. The van der Waals surface area contributed by atoms with Crippen LogP contribution in [-0.2, 0) is 6.42 Å². The van der Waals surface area contributed by atoms with E-state index < -0.39 is 0 Å². The first-order chi connectivity index (χ1) is 13.6. The van der Waals surface area contributed by atoms with Crippen LogP contribution >= 0.6 is 11.6 Å². The number of carbonyl (C=O) groups excluding carboxylic acids is 1. The molecule has 1 unspecified atom stereocenters. The quantitative estimate of drug-likeness (QED) is 0.419. The van der Waals surface area contributed by atoms with Crippen molar-refractivity contribution in [1.82, 2.24) is 4.98 Å². The summed E-state index contributed by atoms with van der Waals surface area (Å²) in [5, 5.41) is 0.432. The minimum Gasteiger partial charge on any atom is -0.496 e. The second-order valence-corrected chi connectivity index (χ2v) is 6.84. The molecule has 140 valence electrons. The number of fused-ring (bicyclic) bond motifs is 1. The van der Waals surface area contributed by atoms with Crippen LogP contribution in [0.25, 0.3) is 0 Å². The van der Waals surface area contributed by atoms with Crippen molar-refractivity contribution in [2.75, 3.05) is 7.11 Å². The highest BCUT2D eigenvalue weighted by molar-refractivity contribution is 6.49. The third kappa shape index (κ3) is 3.12. The fourth-order valence-electron chi connectivity index (χ4n) is 3.47. The fraction of sp³-hybridized carbons (Fsp3) is 0.143. The lowest BCUT2D eigenvalue weighted by Crippen LogP contribution is -2.60. The molecule has 3 heterocycles. The summed E-state index contributed by atoms with van der Waals surface area (Å²) in [6.45, 7) is 0. The summed E-state index contributed by atoms with van der Waals surface area (Å²) in [5.41, 5.74) is 2.58. The van der Waals surface area contributed by atoms with Crippen molar-refractivity contribution in [3.05, 3.63) is 89.0 Å². The number of pyridine rings is 2. The zero-order chi connectivity index (χ0) is 19.7. The van der Waals surface area contributed by atoms with Crippen molar-refractivity contribution in [2.45, 2.75) is 12.6 Å². The topological polar surface area (TPSA) is 72.1 Å². The van der Waals surface area contributed by atoms with Crippen LogP contribution in [0.3, 0.4) is 0 Å². The Labute approximate surface area is 167 Å². The molecule has 0 saturated carbocycles. The Balaban J connectivity index is 1.88. The highest BCUT2D eigenvalue weighted by Gasteiger charge is 2.47. The van der Waals surface area contributed by atoms with Gasteiger partial charge >= 0.3 is 17.7 Å². The number of hydrazine groups is 1. The summed E-state index contributed by atoms with van der Waals surface area (Å²) >= 11 is 5.91. The summed E-state index contributed by atoms with van der Waals surface area (Å²) in [6.07, 6.45) is 3.82. The van der Waals surface area contributed by atoms with Gasteiger partial charge in [-0.15, -0.1) is 4.57 Å². The lowest BCUT2D eigenvalue weighted by atomic mass is 9.99. The van der Waals surface area contributed by atoms with E-state index in [2.05, 4.69) is 4.98 Å². The van der Waals surface area contributed by atoms with Gasteiger partial charge in [0, 0.05) is 18.3 Å². The van der Waals surface area contributed by atoms with E-state index in [4.69, 9.17) is 22.2 Å². The summed E-state index contributed by atoms with van der Waals surface area (Å²) in [5.74, 6) is 6.95. The standard InChI is InChI=1S/C21H18ClN4O2/c1-28-17-8-3-2-6-15(17)20-21(27)16-7-4-5-11-25(16)19(26(20)23)12-14-9-10-18(22)24-13-14/h2-11,13,19H,12H2,1H3,(H-,23,27)/q+1/p+1. The third-order valence-electron chi connectivity index (χ3n) is 4.81. The van der Waals surface area contributed by atoms with E-state index in [0.29, 0.717) is 34.3 Å². The molecule has 0 aliphatic carbocycles. The zero-order valence-corrected chi connectivity index (χ0v) is 16.0. The smallest absolute Gasteiger partial charge is 0.378 e. The number of para-hydroxylation sites is 1. The number of ether oxygens (including phenoxy) is 1. The summed E-state index contributed by atoms with van der Waals surface area (Å²) < 4.78 is 8.86. The molecule has 0 amide bonds. The van der Waals surface area contributed by atoms with E-state index in [1.807, 2.05) is 53.2 Å². The van der Waals surface area contributed by atoms with E-state index >= 15 is 0 Å². The monoisotopic (exact) mass is 394 g/mol. The van der Waals surface area contributed by atoms with Gasteiger partial charge in [0.2, 0.25) is 0 Å². The van der Waals surface area contributed by atoms with Crippen LogP contribution in [-0.4, -0.2) is 28.3 Å². The second-order valence-electron chi connectivity index (χ2n) is 6.45. The highest BCUT2D eigenvalue weighted by Crippen LogP contribution is 2.23. The predicted molar refractivity (Wildman–Crippen MR) is 105 cm³/mol. The van der Waals surface area contributed by atoms with Crippen molar-refractivity contribution in [3.63, 3.8) is 0 Å². The number of nitrogens with two attached hydrogens (primary N) is 1. The lowest BCUT2D eigenvalue weighted by Gasteiger charge is -2.17. The van der Waals surface area contributed by atoms with Crippen molar-refractivity contribution >= 4 is 23.1 Å². The van der Waals surface area contributed by atoms with Gasteiger partial charge in [0.05, 0.1) is 12.7 Å². The van der Waals surface area contributed by atoms with Crippen LogP contribution in [0.1, 0.15) is 27.8 Å². The van der Waals surface area contributed by atoms with E-state index in [1.54, 1.807) is 25.4 Å². The first-order valence-corrected chi connectivity index (χ1v) is 9.17. The molecule has 2 N–H and O–H groups in total. The van der Waals surface area contributed by atoms with Crippen molar-refractivity contribution in [3.8, 4) is 5.75 Å². The zero-order valence-electron chi connectivity index (χ0n) is 15.2. The van der Waals surface area contributed by atoms with Gasteiger partial charge in [0.15, 0.2) is 6.20 Å². The molecule has 0 bridgehead atoms. The van der Waals surface area contributed by atoms with Gasteiger partial charge in [-0.3, -0.25) is 4.79 Å². The molecule has 1 aliphatic heterocycles. The number of benzene rings is 1. The van der Waals surface area contributed by atoms with Gasteiger partial charge in [0.1, 0.15) is 17.3 Å². The normalized spacial score (nSPS) is 16.1. The minimum atomic E-state index is -0.309. The Kier molecular flexibility index (Phi) is 4.79. The number of aromatic nitrogens is 2. The first kappa shape index (κ1) is 18.1. The molecule has 0 radical (unpaired) electrons. The molecular formula is C21H19ClN4O2+2. The molecule has 0 fully saturated rings. The summed E-state index contributed by atoms with van der Waals surface area (Å²) in [4.78, 5) is 17.4. The van der Waals surface area contributed by atoms with E-state index in [0.717, 1.165) is 5.56 Å². The maximum absolute atomic E-state index is 13.3. The second kappa shape index (κ2) is 7.40. The molecule has 1 aliphatic rings. The number of nitrogens with zero attached hydrogens (tertiary/aromatic N) is 3. The molecule has 4 rings (SSSR count). The molecule has 3 aromatic rings. The van der Waals surface area contributed by atoms with Crippen LogP contribution in [0.15, 0.2) is 67.0 Å². The van der Waals surface area contributed by atoms with Crippen molar-refractivity contribution in [2.24, 2.45) is 5.84 Å². The van der Waals surface area contributed by atoms with E-state index in [-0.39, 0.29) is 11.9 Å². The van der Waals surface area contributed by atoms with Gasteiger partial charge in [-0.25, -0.2) is 10.8 Å². The fourth-order valence-corrected chi connectivity index (χ4v) is 3.58. The van der Waals surface area contributed by atoms with Crippen LogP contribution in [0, 0.1) is 0 Å². The SMILES string of the molecule is COc1ccccc1C1=[N+](N)C(Cc2ccc(Cl)nc2)[n+]2ccccc2C1=O. The maximum atomic E-state index is 13.3. The Morgan fingerprint density at radius 1 is 1.14 bits per heavy atom. The van der Waals surface area contributed by atoms with Crippen LogP contribution in [0.4, 0.5) is 0 Å². The Hall–Kier alpha value is -3.25. The predicted octanol–water partition coefficient (Wildman–Crippen LogP) is 2.34. The Bertz CT molecular complexity index is 1080. The molecule has 0 saturated heterocycles. The number of methoxy groups -OCH3 is 1. The average molecular weight is 395 g/mol. The Morgan fingerprint density at radius 3 is 2.68 bits per heavy atom. The van der Waals surface area contributed by atoms with Crippen LogP contribution in [0.5, 0.6) is 5.75 Å². The Morgan fingerprint density at radius 2 is 1.93 bits per heavy atom. The number of hydrogen-bond donors (Lipinski definition) is 1. The number of halogens is 1. The molecule has 7 heteroatoms. The van der Waals surface area contributed by atoms with E-state index in [1.165, 1.54) is 4.68 Å². The minimum absolute atomic E-state index is 0.155. The molecular weight excluding hydrogens is 376 g/mol. The molecule has 0 spiro atoms. The lowest BCUT2D eigenvalue weighted by molar-refractivity contribution is -0.889. The van der Waals surface area contributed by atoms with Gasteiger partial charge in [-0.05, 0) is 34.5 Å². The van der Waals surface area contributed by atoms with Crippen molar-refractivity contribution < 1.29 is 18.8 Å². The van der Waals surface area contributed by atoms with Gasteiger partial charge in [0.25, 0.3) is 5.69 Å². The largest absolute Gasteiger partial charge is 0.496 e. The van der Waals surface area contributed by atoms with Crippen molar-refractivity contribution in [1.29, 1.82) is 0 Å². The number of Topliss-reactive ketones (excluding diaryl/α,β-unsaturated/α-hetero) is 1. The molecule has 1 aromatic carbocycles.